The number of amides is 2. The molecule has 5 nitrogen and oxygen atoms in total. The quantitative estimate of drug-likeness (QED) is 0.891. The van der Waals surface area contributed by atoms with Crippen LogP contribution in [0.15, 0.2) is 47.1 Å². The van der Waals surface area contributed by atoms with Crippen LogP contribution in [0.1, 0.15) is 28.6 Å². The first kappa shape index (κ1) is 15.8. The maximum atomic E-state index is 12.0. The molecular formula is C17H20N2O3. The van der Waals surface area contributed by atoms with E-state index in [0.29, 0.717) is 25.2 Å². The Balaban J connectivity index is 1.83. The van der Waals surface area contributed by atoms with Crippen molar-refractivity contribution in [1.29, 1.82) is 0 Å². The topological polar surface area (TPSA) is 62.6 Å². The molecule has 2 aromatic rings. The van der Waals surface area contributed by atoms with Crippen LogP contribution < -0.4 is 5.32 Å². The summed E-state index contributed by atoms with van der Waals surface area (Å²) in [5.41, 5.74) is 1.73. The van der Waals surface area contributed by atoms with Crippen LogP contribution in [-0.4, -0.2) is 29.8 Å². The fourth-order valence-corrected chi connectivity index (χ4v) is 2.05. The van der Waals surface area contributed by atoms with Crippen LogP contribution in [0.2, 0.25) is 0 Å². The number of hydrogen-bond acceptors (Lipinski definition) is 3. The van der Waals surface area contributed by atoms with Crippen molar-refractivity contribution in [2.75, 3.05) is 13.1 Å². The monoisotopic (exact) mass is 300 g/mol. The largest absolute Gasteiger partial charge is 0.467 e. The molecule has 0 spiro atoms. The third kappa shape index (κ3) is 4.48. The third-order valence-electron chi connectivity index (χ3n) is 3.35. The van der Waals surface area contributed by atoms with Gasteiger partial charge in [0.2, 0.25) is 5.91 Å². The fourth-order valence-electron chi connectivity index (χ4n) is 2.05. The maximum absolute atomic E-state index is 12.0. The third-order valence-corrected chi connectivity index (χ3v) is 3.35. The molecule has 0 saturated carbocycles. The molecule has 0 aliphatic heterocycles. The lowest BCUT2D eigenvalue weighted by molar-refractivity contribution is -0.129. The van der Waals surface area contributed by atoms with Gasteiger partial charge in [-0.15, -0.1) is 0 Å². The van der Waals surface area contributed by atoms with Gasteiger partial charge >= 0.3 is 0 Å². The molecule has 1 N–H and O–H groups in total. The first-order valence-corrected chi connectivity index (χ1v) is 7.19. The molecule has 0 unspecified atom stereocenters. The standard InChI is InChI=1S/C17H20N2O3/c1-13-5-7-15(8-6-13)17(21)18-9-10-19(14(2)20)12-16-4-3-11-22-16/h3-8,11H,9-10,12H2,1-2H3,(H,18,21). The highest BCUT2D eigenvalue weighted by Gasteiger charge is 2.12. The second-order valence-electron chi connectivity index (χ2n) is 5.14. The number of rotatable bonds is 6. The fraction of sp³-hybridized carbons (Fsp3) is 0.294. The van der Waals surface area contributed by atoms with Gasteiger partial charge in [-0.2, -0.15) is 0 Å². The maximum Gasteiger partial charge on any atom is 0.251 e. The number of furan rings is 1. The van der Waals surface area contributed by atoms with Gasteiger partial charge in [0.15, 0.2) is 0 Å². The lowest BCUT2D eigenvalue weighted by atomic mass is 10.1. The molecule has 2 amide bonds. The van der Waals surface area contributed by atoms with E-state index in [9.17, 15) is 9.59 Å². The Morgan fingerprint density at radius 1 is 1.18 bits per heavy atom. The Labute approximate surface area is 129 Å². The van der Waals surface area contributed by atoms with E-state index >= 15 is 0 Å². The van der Waals surface area contributed by atoms with Crippen molar-refractivity contribution in [3.05, 3.63) is 59.5 Å². The van der Waals surface area contributed by atoms with Gasteiger partial charge in [-0.1, -0.05) is 17.7 Å². The summed E-state index contributed by atoms with van der Waals surface area (Å²) in [5, 5.41) is 2.82. The predicted molar refractivity (Wildman–Crippen MR) is 83.3 cm³/mol. The van der Waals surface area contributed by atoms with E-state index < -0.39 is 0 Å². The van der Waals surface area contributed by atoms with Crippen molar-refractivity contribution < 1.29 is 14.0 Å². The molecule has 5 heteroatoms. The molecular weight excluding hydrogens is 280 g/mol. The van der Waals surface area contributed by atoms with E-state index in [1.54, 1.807) is 29.4 Å². The molecule has 0 saturated heterocycles. The molecule has 2 rings (SSSR count). The van der Waals surface area contributed by atoms with Gasteiger partial charge in [0.25, 0.3) is 5.91 Å². The summed E-state index contributed by atoms with van der Waals surface area (Å²) < 4.78 is 5.24. The number of aryl methyl sites for hydroxylation is 1. The van der Waals surface area contributed by atoms with Crippen LogP contribution in [-0.2, 0) is 11.3 Å². The summed E-state index contributed by atoms with van der Waals surface area (Å²) in [6.07, 6.45) is 1.58. The summed E-state index contributed by atoms with van der Waals surface area (Å²) in [7, 11) is 0. The van der Waals surface area contributed by atoms with Gasteiger partial charge in [-0.25, -0.2) is 0 Å². The molecule has 0 bridgehead atoms. The average molecular weight is 300 g/mol. The highest BCUT2D eigenvalue weighted by atomic mass is 16.3. The lowest BCUT2D eigenvalue weighted by Crippen LogP contribution is -2.37. The summed E-state index contributed by atoms with van der Waals surface area (Å²) >= 11 is 0. The van der Waals surface area contributed by atoms with Gasteiger partial charge in [0.1, 0.15) is 5.76 Å². The van der Waals surface area contributed by atoms with Crippen molar-refractivity contribution in [3.63, 3.8) is 0 Å². The van der Waals surface area contributed by atoms with E-state index in [2.05, 4.69) is 5.32 Å². The molecule has 0 fully saturated rings. The number of nitrogens with one attached hydrogen (secondary N) is 1. The lowest BCUT2D eigenvalue weighted by Gasteiger charge is -2.20. The molecule has 0 atom stereocenters. The molecule has 116 valence electrons. The summed E-state index contributed by atoms with van der Waals surface area (Å²) in [6, 6.07) is 11.0. The minimum atomic E-state index is -0.137. The van der Waals surface area contributed by atoms with Gasteiger partial charge < -0.3 is 14.6 Å². The van der Waals surface area contributed by atoms with Gasteiger partial charge in [-0.05, 0) is 31.2 Å². The normalized spacial score (nSPS) is 10.3. The first-order valence-electron chi connectivity index (χ1n) is 7.19. The van der Waals surface area contributed by atoms with Gasteiger partial charge in [0.05, 0.1) is 12.8 Å². The van der Waals surface area contributed by atoms with E-state index in [4.69, 9.17) is 4.42 Å². The minimum absolute atomic E-state index is 0.0546. The molecule has 0 radical (unpaired) electrons. The molecule has 22 heavy (non-hydrogen) atoms. The van der Waals surface area contributed by atoms with Crippen LogP contribution in [0.4, 0.5) is 0 Å². The van der Waals surface area contributed by atoms with Gasteiger partial charge in [-0.3, -0.25) is 9.59 Å². The van der Waals surface area contributed by atoms with Crippen LogP contribution in [0.3, 0.4) is 0 Å². The smallest absolute Gasteiger partial charge is 0.251 e. The van der Waals surface area contributed by atoms with E-state index in [0.717, 1.165) is 11.3 Å². The molecule has 0 aliphatic rings. The van der Waals surface area contributed by atoms with E-state index in [1.165, 1.54) is 6.92 Å². The second-order valence-corrected chi connectivity index (χ2v) is 5.14. The Bertz CT molecular complexity index is 618. The van der Waals surface area contributed by atoms with Crippen molar-refractivity contribution in [3.8, 4) is 0 Å². The van der Waals surface area contributed by atoms with Gasteiger partial charge in [0, 0.05) is 25.6 Å². The molecule has 0 aliphatic carbocycles. The predicted octanol–water partition coefficient (Wildman–Crippen LogP) is 2.37. The second kappa shape index (κ2) is 7.45. The molecule has 1 aromatic heterocycles. The van der Waals surface area contributed by atoms with Crippen molar-refractivity contribution in [2.24, 2.45) is 0 Å². The van der Waals surface area contributed by atoms with E-state index in [1.807, 2.05) is 25.1 Å². The van der Waals surface area contributed by atoms with E-state index in [-0.39, 0.29) is 11.8 Å². The highest BCUT2D eigenvalue weighted by Crippen LogP contribution is 2.06. The van der Waals surface area contributed by atoms with Crippen LogP contribution in [0.5, 0.6) is 0 Å². The number of nitrogens with zero attached hydrogens (tertiary/aromatic N) is 1. The van der Waals surface area contributed by atoms with Crippen molar-refractivity contribution in [1.82, 2.24) is 10.2 Å². The molecule has 1 heterocycles. The number of benzene rings is 1. The van der Waals surface area contributed by atoms with Crippen molar-refractivity contribution in [2.45, 2.75) is 20.4 Å². The average Bonchev–Trinajstić information content (AvgIpc) is 2.99. The molecule has 1 aromatic carbocycles. The van der Waals surface area contributed by atoms with Crippen LogP contribution in [0, 0.1) is 6.92 Å². The SMILES string of the molecule is CC(=O)N(CCNC(=O)c1ccc(C)cc1)Cc1ccco1. The zero-order valence-corrected chi connectivity index (χ0v) is 12.8. The highest BCUT2D eigenvalue weighted by molar-refractivity contribution is 5.94. The first-order chi connectivity index (χ1) is 10.6. The Hall–Kier alpha value is -2.56. The Kier molecular flexibility index (Phi) is 5.36. The van der Waals surface area contributed by atoms with Crippen molar-refractivity contribution >= 4 is 11.8 Å². The minimum Gasteiger partial charge on any atom is -0.467 e. The zero-order valence-electron chi connectivity index (χ0n) is 12.8. The summed E-state index contributed by atoms with van der Waals surface area (Å²) in [6.45, 7) is 4.72. The number of carbonyl (C=O) groups is 2. The summed E-state index contributed by atoms with van der Waals surface area (Å²) in [5.74, 6) is 0.530. The number of hydrogen-bond donors (Lipinski definition) is 1. The zero-order chi connectivity index (χ0) is 15.9. The summed E-state index contributed by atoms with van der Waals surface area (Å²) in [4.78, 5) is 25.2. The van der Waals surface area contributed by atoms with Crippen LogP contribution in [0.25, 0.3) is 0 Å². The van der Waals surface area contributed by atoms with Crippen LogP contribution >= 0.6 is 0 Å². The Morgan fingerprint density at radius 2 is 1.91 bits per heavy atom. The number of carbonyl (C=O) groups excluding carboxylic acids is 2. The Morgan fingerprint density at radius 3 is 2.50 bits per heavy atom.